The van der Waals surface area contributed by atoms with Crippen molar-refractivity contribution in [3.8, 4) is 28.2 Å². The maximum absolute atomic E-state index is 6.56. The molecule has 4 aromatic rings. The van der Waals surface area contributed by atoms with Gasteiger partial charge in [0.25, 0.3) is 0 Å². The number of hydrogen-bond donors (Lipinski definition) is 0. The fourth-order valence-electron chi connectivity index (χ4n) is 4.42. The van der Waals surface area contributed by atoms with Crippen LogP contribution in [0.15, 0.2) is 71.3 Å². The summed E-state index contributed by atoms with van der Waals surface area (Å²) in [6.45, 7) is 8.76. The first-order chi connectivity index (χ1) is 17.1. The van der Waals surface area contributed by atoms with Crippen molar-refractivity contribution in [2.45, 2.75) is 27.0 Å². The summed E-state index contributed by atoms with van der Waals surface area (Å²) in [6, 6.07) is 22.6. The van der Waals surface area contributed by atoms with Gasteiger partial charge in [-0.2, -0.15) is 0 Å². The van der Waals surface area contributed by atoms with Gasteiger partial charge in [0.2, 0.25) is 0 Å². The lowest BCUT2D eigenvalue weighted by atomic mass is 9.97. The van der Waals surface area contributed by atoms with E-state index in [-0.39, 0.29) is 0 Å². The van der Waals surface area contributed by atoms with Crippen LogP contribution in [-0.2, 0) is 17.9 Å². The van der Waals surface area contributed by atoms with Crippen LogP contribution in [0.25, 0.3) is 22.5 Å². The second-order valence-electron chi connectivity index (χ2n) is 8.93. The third-order valence-corrected chi connectivity index (χ3v) is 6.74. The molecule has 180 valence electrons. The highest BCUT2D eigenvalue weighted by Gasteiger charge is 2.22. The van der Waals surface area contributed by atoms with Gasteiger partial charge in [0.1, 0.15) is 12.4 Å². The van der Waals surface area contributed by atoms with Crippen molar-refractivity contribution in [3.05, 3.63) is 94.1 Å². The fraction of sp³-hybridized carbons (Fsp3) is 0.276. The zero-order valence-electron chi connectivity index (χ0n) is 20.1. The standard InChI is InChI=1S/C29H29ClN2O3/c1-20-15-27(34-19-22-7-4-3-5-8-22)25(17-26(20)30)29-28(21(2)31-35-29)24-10-6-9-23(16-24)18-32-11-13-33-14-12-32/h3-10,15-17H,11-14,18-19H2,1-2H3. The summed E-state index contributed by atoms with van der Waals surface area (Å²) in [7, 11) is 0. The summed E-state index contributed by atoms with van der Waals surface area (Å²) in [6.07, 6.45) is 0. The molecule has 0 bridgehead atoms. The average Bonchev–Trinajstić information content (AvgIpc) is 3.27. The van der Waals surface area contributed by atoms with Crippen LogP contribution in [0.1, 0.15) is 22.4 Å². The quantitative estimate of drug-likeness (QED) is 0.290. The Hall–Kier alpha value is -3.12. The summed E-state index contributed by atoms with van der Waals surface area (Å²) in [5, 5.41) is 4.99. The normalized spacial score (nSPS) is 14.3. The lowest BCUT2D eigenvalue weighted by molar-refractivity contribution is 0.0342. The first-order valence-corrected chi connectivity index (χ1v) is 12.3. The maximum Gasteiger partial charge on any atom is 0.178 e. The molecule has 1 aliphatic rings. The molecule has 0 unspecified atom stereocenters. The van der Waals surface area contributed by atoms with E-state index in [9.17, 15) is 0 Å². The van der Waals surface area contributed by atoms with E-state index >= 15 is 0 Å². The van der Waals surface area contributed by atoms with Gasteiger partial charge in [-0.25, -0.2) is 0 Å². The Kier molecular flexibility index (Phi) is 7.19. The summed E-state index contributed by atoms with van der Waals surface area (Å²) < 4.78 is 17.7. The van der Waals surface area contributed by atoms with Gasteiger partial charge in [0, 0.05) is 24.7 Å². The number of morpholine rings is 1. The van der Waals surface area contributed by atoms with Crippen molar-refractivity contribution < 1.29 is 14.0 Å². The molecular formula is C29H29ClN2O3. The lowest BCUT2D eigenvalue weighted by Gasteiger charge is -2.26. The Morgan fingerprint density at radius 3 is 2.51 bits per heavy atom. The molecule has 1 saturated heterocycles. The molecule has 0 saturated carbocycles. The first kappa shape index (κ1) is 23.6. The highest BCUT2D eigenvalue weighted by molar-refractivity contribution is 6.31. The van der Waals surface area contributed by atoms with Gasteiger partial charge in [-0.1, -0.05) is 65.3 Å². The number of halogens is 1. The fourth-order valence-corrected chi connectivity index (χ4v) is 4.59. The predicted molar refractivity (Wildman–Crippen MR) is 139 cm³/mol. The minimum atomic E-state index is 0.451. The lowest BCUT2D eigenvalue weighted by Crippen LogP contribution is -2.35. The summed E-state index contributed by atoms with van der Waals surface area (Å²) in [4.78, 5) is 2.42. The maximum atomic E-state index is 6.56. The molecule has 5 nitrogen and oxygen atoms in total. The molecule has 1 aromatic heterocycles. The van der Waals surface area contributed by atoms with Crippen LogP contribution in [0, 0.1) is 13.8 Å². The minimum Gasteiger partial charge on any atom is -0.488 e. The minimum absolute atomic E-state index is 0.451. The smallest absolute Gasteiger partial charge is 0.178 e. The number of benzene rings is 3. The van der Waals surface area contributed by atoms with Crippen LogP contribution in [0.5, 0.6) is 5.75 Å². The molecule has 2 heterocycles. The second-order valence-corrected chi connectivity index (χ2v) is 9.34. The molecule has 0 spiro atoms. The monoisotopic (exact) mass is 488 g/mol. The van der Waals surface area contributed by atoms with Crippen molar-refractivity contribution >= 4 is 11.6 Å². The van der Waals surface area contributed by atoms with E-state index in [4.69, 9.17) is 25.6 Å². The van der Waals surface area contributed by atoms with E-state index in [1.54, 1.807) is 0 Å². The second kappa shape index (κ2) is 10.6. The van der Waals surface area contributed by atoms with E-state index in [0.717, 1.165) is 72.1 Å². The Morgan fingerprint density at radius 1 is 0.943 bits per heavy atom. The van der Waals surface area contributed by atoms with Crippen LogP contribution >= 0.6 is 11.6 Å². The first-order valence-electron chi connectivity index (χ1n) is 11.9. The Balaban J connectivity index is 1.50. The molecule has 0 radical (unpaired) electrons. The highest BCUT2D eigenvalue weighted by atomic mass is 35.5. The van der Waals surface area contributed by atoms with E-state index in [2.05, 4.69) is 34.3 Å². The molecule has 0 aliphatic carbocycles. The zero-order chi connectivity index (χ0) is 24.2. The van der Waals surface area contributed by atoms with Crippen molar-refractivity contribution in [1.82, 2.24) is 10.1 Å². The molecule has 3 aromatic carbocycles. The summed E-state index contributed by atoms with van der Waals surface area (Å²) in [5.41, 5.74) is 6.94. The topological polar surface area (TPSA) is 47.7 Å². The molecule has 0 atom stereocenters. The number of rotatable bonds is 7. The number of aryl methyl sites for hydroxylation is 2. The van der Waals surface area contributed by atoms with Crippen molar-refractivity contribution in [2.24, 2.45) is 0 Å². The van der Waals surface area contributed by atoms with Gasteiger partial charge in [0.05, 0.1) is 30.0 Å². The molecular weight excluding hydrogens is 460 g/mol. The Bertz CT molecular complexity index is 1300. The van der Waals surface area contributed by atoms with Crippen molar-refractivity contribution in [2.75, 3.05) is 26.3 Å². The average molecular weight is 489 g/mol. The Labute approximate surface area is 211 Å². The van der Waals surface area contributed by atoms with Crippen LogP contribution in [-0.4, -0.2) is 36.4 Å². The van der Waals surface area contributed by atoms with Crippen LogP contribution in [0.4, 0.5) is 0 Å². The van der Waals surface area contributed by atoms with Crippen LogP contribution < -0.4 is 4.74 Å². The molecule has 6 heteroatoms. The molecule has 1 fully saturated rings. The Morgan fingerprint density at radius 2 is 1.71 bits per heavy atom. The SMILES string of the molecule is Cc1cc(OCc2ccccc2)c(-c2onc(C)c2-c2cccc(CN3CCOCC3)c2)cc1Cl. The number of ether oxygens (including phenoxy) is 2. The summed E-state index contributed by atoms with van der Waals surface area (Å²) >= 11 is 6.56. The van der Waals surface area contributed by atoms with E-state index in [1.807, 2.05) is 56.3 Å². The van der Waals surface area contributed by atoms with E-state index < -0.39 is 0 Å². The number of nitrogens with zero attached hydrogens (tertiary/aromatic N) is 2. The van der Waals surface area contributed by atoms with E-state index in [0.29, 0.717) is 17.4 Å². The predicted octanol–water partition coefficient (Wildman–Crippen LogP) is 6.69. The molecule has 35 heavy (non-hydrogen) atoms. The third-order valence-electron chi connectivity index (χ3n) is 6.33. The molecule has 1 aliphatic heterocycles. The van der Waals surface area contributed by atoms with Crippen LogP contribution in [0.3, 0.4) is 0 Å². The van der Waals surface area contributed by atoms with Gasteiger partial charge < -0.3 is 14.0 Å². The zero-order valence-corrected chi connectivity index (χ0v) is 20.8. The molecule has 0 amide bonds. The van der Waals surface area contributed by atoms with Gasteiger partial charge in [-0.15, -0.1) is 0 Å². The van der Waals surface area contributed by atoms with Gasteiger partial charge in [0.15, 0.2) is 5.76 Å². The van der Waals surface area contributed by atoms with Crippen LogP contribution in [0.2, 0.25) is 5.02 Å². The number of hydrogen-bond acceptors (Lipinski definition) is 5. The highest BCUT2D eigenvalue weighted by Crippen LogP contribution is 2.42. The largest absolute Gasteiger partial charge is 0.488 e. The van der Waals surface area contributed by atoms with Gasteiger partial charge in [-0.3, -0.25) is 4.90 Å². The van der Waals surface area contributed by atoms with Gasteiger partial charge in [-0.05, 0) is 54.3 Å². The summed E-state index contributed by atoms with van der Waals surface area (Å²) in [5.74, 6) is 1.38. The molecule has 0 N–H and O–H groups in total. The van der Waals surface area contributed by atoms with Gasteiger partial charge >= 0.3 is 0 Å². The van der Waals surface area contributed by atoms with E-state index in [1.165, 1.54) is 5.56 Å². The third kappa shape index (κ3) is 5.43. The number of aromatic nitrogens is 1. The van der Waals surface area contributed by atoms with Crippen molar-refractivity contribution in [1.29, 1.82) is 0 Å². The van der Waals surface area contributed by atoms with Crippen molar-refractivity contribution in [3.63, 3.8) is 0 Å². The molecule has 5 rings (SSSR count).